The summed E-state index contributed by atoms with van der Waals surface area (Å²) < 4.78 is 5.57. The number of halogens is 1. The van der Waals surface area contributed by atoms with Gasteiger partial charge in [0, 0.05) is 36.0 Å². The molecule has 24 heavy (non-hydrogen) atoms. The molecule has 0 aliphatic rings. The van der Waals surface area contributed by atoms with Crippen LogP contribution in [0.2, 0.25) is 5.02 Å². The number of aliphatic hydroxyl groups excluding tert-OH is 1. The van der Waals surface area contributed by atoms with Gasteiger partial charge in [0.1, 0.15) is 5.75 Å². The van der Waals surface area contributed by atoms with Crippen molar-refractivity contribution in [1.29, 1.82) is 0 Å². The third kappa shape index (κ3) is 5.83. The predicted molar refractivity (Wildman–Crippen MR) is 93.1 cm³/mol. The first-order valence-corrected chi connectivity index (χ1v) is 8.17. The number of nitrogens with one attached hydrogen (secondary N) is 1. The quantitative estimate of drug-likeness (QED) is 0.768. The second-order valence-electron chi connectivity index (χ2n) is 5.53. The highest BCUT2D eigenvalue weighted by Gasteiger charge is 2.17. The van der Waals surface area contributed by atoms with Crippen LogP contribution in [0, 0.1) is 5.92 Å². The number of amides is 1. The highest BCUT2D eigenvalue weighted by atomic mass is 35.5. The molecule has 0 spiro atoms. The van der Waals surface area contributed by atoms with Crippen molar-refractivity contribution in [3.05, 3.63) is 59.4 Å². The van der Waals surface area contributed by atoms with Gasteiger partial charge < -0.3 is 15.2 Å². The van der Waals surface area contributed by atoms with Gasteiger partial charge in [-0.05, 0) is 49.7 Å². The van der Waals surface area contributed by atoms with Gasteiger partial charge in [-0.3, -0.25) is 9.78 Å². The van der Waals surface area contributed by atoms with E-state index in [0.717, 1.165) is 5.69 Å². The van der Waals surface area contributed by atoms with Gasteiger partial charge in [-0.2, -0.15) is 0 Å². The molecule has 6 heteroatoms. The Hall–Kier alpha value is -2.11. The molecule has 0 saturated carbocycles. The van der Waals surface area contributed by atoms with Crippen molar-refractivity contribution >= 4 is 17.5 Å². The lowest BCUT2D eigenvalue weighted by Gasteiger charge is -2.18. The molecule has 1 aromatic heterocycles. The Balaban J connectivity index is 1.80. The number of hydrogen-bond donors (Lipinski definition) is 2. The SMILES string of the molecule is CC(Oc1ccc(Cl)cc1)C(=O)NCC(CO)Cc1ccccn1. The van der Waals surface area contributed by atoms with Crippen LogP contribution in [0.5, 0.6) is 5.75 Å². The molecule has 1 aromatic carbocycles. The Labute approximate surface area is 146 Å². The van der Waals surface area contributed by atoms with E-state index in [1.165, 1.54) is 0 Å². The van der Waals surface area contributed by atoms with Crippen LogP contribution in [0.3, 0.4) is 0 Å². The third-order valence-corrected chi connectivity index (χ3v) is 3.79. The highest BCUT2D eigenvalue weighted by Crippen LogP contribution is 2.16. The minimum Gasteiger partial charge on any atom is -0.481 e. The third-order valence-electron chi connectivity index (χ3n) is 3.54. The molecule has 0 bridgehead atoms. The van der Waals surface area contributed by atoms with Gasteiger partial charge >= 0.3 is 0 Å². The van der Waals surface area contributed by atoms with Crippen molar-refractivity contribution in [2.24, 2.45) is 5.92 Å². The smallest absolute Gasteiger partial charge is 0.260 e. The molecular formula is C18H21ClN2O3. The van der Waals surface area contributed by atoms with Crippen LogP contribution in [-0.4, -0.2) is 35.3 Å². The average molecular weight is 349 g/mol. The van der Waals surface area contributed by atoms with Crippen LogP contribution >= 0.6 is 11.6 Å². The molecule has 0 saturated heterocycles. The van der Waals surface area contributed by atoms with Gasteiger partial charge in [-0.15, -0.1) is 0 Å². The summed E-state index contributed by atoms with van der Waals surface area (Å²) in [6.45, 7) is 2.01. The lowest BCUT2D eigenvalue weighted by molar-refractivity contribution is -0.127. The fraction of sp³-hybridized carbons (Fsp3) is 0.333. The number of benzene rings is 1. The van der Waals surface area contributed by atoms with Crippen LogP contribution in [-0.2, 0) is 11.2 Å². The molecule has 2 rings (SSSR count). The number of carbonyl (C=O) groups excluding carboxylic acids is 1. The van der Waals surface area contributed by atoms with Gasteiger partial charge in [0.2, 0.25) is 0 Å². The zero-order valence-corrected chi connectivity index (χ0v) is 14.2. The lowest BCUT2D eigenvalue weighted by Crippen LogP contribution is -2.40. The van der Waals surface area contributed by atoms with Gasteiger partial charge in [0.25, 0.3) is 5.91 Å². The monoisotopic (exact) mass is 348 g/mol. The first-order chi connectivity index (χ1) is 11.6. The van der Waals surface area contributed by atoms with E-state index < -0.39 is 6.10 Å². The van der Waals surface area contributed by atoms with Crippen molar-refractivity contribution in [2.75, 3.05) is 13.2 Å². The summed E-state index contributed by atoms with van der Waals surface area (Å²) in [4.78, 5) is 16.4. The first kappa shape index (κ1) is 18.2. The minimum absolute atomic E-state index is 0.0245. The Bertz CT molecular complexity index is 634. The molecule has 0 fully saturated rings. The van der Waals surface area contributed by atoms with Gasteiger partial charge in [0.15, 0.2) is 6.10 Å². The Morgan fingerprint density at radius 2 is 2.04 bits per heavy atom. The second-order valence-corrected chi connectivity index (χ2v) is 5.97. The summed E-state index contributed by atoms with van der Waals surface area (Å²) >= 11 is 5.81. The molecule has 1 heterocycles. The lowest BCUT2D eigenvalue weighted by atomic mass is 10.0. The van der Waals surface area contributed by atoms with E-state index in [1.54, 1.807) is 37.4 Å². The summed E-state index contributed by atoms with van der Waals surface area (Å²) in [7, 11) is 0. The fourth-order valence-corrected chi connectivity index (χ4v) is 2.30. The maximum Gasteiger partial charge on any atom is 0.260 e. The van der Waals surface area contributed by atoms with E-state index in [4.69, 9.17) is 16.3 Å². The maximum atomic E-state index is 12.1. The number of aromatic nitrogens is 1. The topological polar surface area (TPSA) is 71.5 Å². The van der Waals surface area contributed by atoms with Gasteiger partial charge in [0.05, 0.1) is 0 Å². The molecule has 2 atom stereocenters. The van der Waals surface area contributed by atoms with Crippen LogP contribution < -0.4 is 10.1 Å². The standard InChI is InChI=1S/C18H21ClN2O3/c1-13(24-17-7-5-15(19)6-8-17)18(23)21-11-14(12-22)10-16-4-2-3-9-20-16/h2-9,13-14,22H,10-12H2,1H3,(H,21,23). The Morgan fingerprint density at radius 1 is 1.29 bits per heavy atom. The van der Waals surface area contributed by atoms with E-state index in [0.29, 0.717) is 23.7 Å². The van der Waals surface area contributed by atoms with E-state index in [1.807, 2.05) is 18.2 Å². The molecule has 1 amide bonds. The van der Waals surface area contributed by atoms with Crippen molar-refractivity contribution in [3.63, 3.8) is 0 Å². The van der Waals surface area contributed by atoms with Crippen LogP contribution in [0.15, 0.2) is 48.7 Å². The maximum absolute atomic E-state index is 12.1. The molecule has 0 aliphatic carbocycles. The number of rotatable bonds is 8. The van der Waals surface area contributed by atoms with Crippen LogP contribution in [0.4, 0.5) is 0 Å². The van der Waals surface area contributed by atoms with Gasteiger partial charge in [-0.1, -0.05) is 17.7 Å². The number of hydrogen-bond acceptors (Lipinski definition) is 4. The molecule has 2 aromatic rings. The molecular weight excluding hydrogens is 328 g/mol. The van der Waals surface area contributed by atoms with Crippen molar-refractivity contribution in [3.8, 4) is 5.75 Å². The van der Waals surface area contributed by atoms with E-state index in [9.17, 15) is 9.90 Å². The number of aliphatic hydroxyl groups is 1. The number of carbonyl (C=O) groups is 1. The second kappa shape index (κ2) is 9.25. The number of ether oxygens (including phenoxy) is 1. The van der Waals surface area contributed by atoms with E-state index in [2.05, 4.69) is 10.3 Å². The van der Waals surface area contributed by atoms with Gasteiger partial charge in [-0.25, -0.2) is 0 Å². The molecule has 2 unspecified atom stereocenters. The summed E-state index contributed by atoms with van der Waals surface area (Å²) in [6, 6.07) is 12.5. The first-order valence-electron chi connectivity index (χ1n) is 7.79. The highest BCUT2D eigenvalue weighted by molar-refractivity contribution is 6.30. The van der Waals surface area contributed by atoms with E-state index in [-0.39, 0.29) is 18.4 Å². The molecule has 5 nitrogen and oxygen atoms in total. The zero-order valence-electron chi connectivity index (χ0n) is 13.5. The predicted octanol–water partition coefficient (Wildman–Crippen LogP) is 2.47. The number of pyridine rings is 1. The summed E-state index contributed by atoms with van der Waals surface area (Å²) in [6.07, 6.45) is 1.68. The normalized spacial score (nSPS) is 13.1. The minimum atomic E-state index is -0.639. The fourth-order valence-electron chi connectivity index (χ4n) is 2.18. The Kier molecular flexibility index (Phi) is 7.03. The zero-order chi connectivity index (χ0) is 17.4. The Morgan fingerprint density at radius 3 is 2.67 bits per heavy atom. The largest absolute Gasteiger partial charge is 0.481 e. The average Bonchev–Trinajstić information content (AvgIpc) is 2.61. The van der Waals surface area contributed by atoms with Crippen molar-refractivity contribution < 1.29 is 14.6 Å². The summed E-state index contributed by atoms with van der Waals surface area (Å²) in [5, 5.41) is 12.9. The summed E-state index contributed by atoms with van der Waals surface area (Å²) in [5.41, 5.74) is 0.885. The molecule has 2 N–H and O–H groups in total. The number of nitrogens with zero attached hydrogens (tertiary/aromatic N) is 1. The summed E-state index contributed by atoms with van der Waals surface area (Å²) in [5.74, 6) is 0.255. The van der Waals surface area contributed by atoms with E-state index >= 15 is 0 Å². The molecule has 128 valence electrons. The molecule has 0 radical (unpaired) electrons. The van der Waals surface area contributed by atoms with Crippen LogP contribution in [0.25, 0.3) is 0 Å². The van der Waals surface area contributed by atoms with Crippen LogP contribution in [0.1, 0.15) is 12.6 Å². The van der Waals surface area contributed by atoms with Crippen molar-refractivity contribution in [1.82, 2.24) is 10.3 Å². The van der Waals surface area contributed by atoms with Crippen molar-refractivity contribution in [2.45, 2.75) is 19.4 Å². The molecule has 0 aliphatic heterocycles.